The summed E-state index contributed by atoms with van der Waals surface area (Å²) in [5.41, 5.74) is 2.37. The number of hydrogen-bond donors (Lipinski definition) is 3. The van der Waals surface area contributed by atoms with Gasteiger partial charge in [0.05, 0.1) is 22.4 Å². The lowest BCUT2D eigenvalue weighted by Gasteiger charge is -2.10. The number of H-pyrrole nitrogens is 1. The minimum absolute atomic E-state index is 0.330. The van der Waals surface area contributed by atoms with Crippen LogP contribution in [0.3, 0.4) is 0 Å². The second-order valence-electron chi connectivity index (χ2n) is 5.55. The molecule has 2 amide bonds. The van der Waals surface area contributed by atoms with Gasteiger partial charge in [0.1, 0.15) is 5.82 Å². The lowest BCUT2D eigenvalue weighted by atomic mass is 10.2. The van der Waals surface area contributed by atoms with E-state index in [1.54, 1.807) is 24.5 Å². The Morgan fingerprint density at radius 1 is 1.26 bits per heavy atom. The molecule has 0 bridgehead atoms. The zero-order valence-electron chi connectivity index (χ0n) is 12.1. The maximum Gasteiger partial charge on any atom is 0.324 e. The summed E-state index contributed by atoms with van der Waals surface area (Å²) in [6.45, 7) is 0. The maximum atomic E-state index is 12.3. The Balaban J connectivity index is 1.57. The van der Waals surface area contributed by atoms with Crippen molar-refractivity contribution in [3.63, 3.8) is 0 Å². The van der Waals surface area contributed by atoms with Crippen LogP contribution in [0.15, 0.2) is 36.7 Å². The molecule has 1 aliphatic carbocycles. The Morgan fingerprint density at radius 3 is 2.96 bits per heavy atom. The predicted molar refractivity (Wildman–Crippen MR) is 90.0 cm³/mol. The molecule has 1 aliphatic rings. The summed E-state index contributed by atoms with van der Waals surface area (Å²) in [4.78, 5) is 16.5. The summed E-state index contributed by atoms with van der Waals surface area (Å²) in [5.74, 6) is 1.16. The number of hydrogen-bond acceptors (Lipinski definition) is 3. The summed E-state index contributed by atoms with van der Waals surface area (Å²) >= 11 is 6.14. The molecule has 7 heteroatoms. The molecule has 116 valence electrons. The monoisotopic (exact) mass is 327 g/mol. The molecule has 1 saturated carbocycles. The Kier molecular flexibility index (Phi) is 3.38. The number of amides is 2. The van der Waals surface area contributed by atoms with E-state index in [0.717, 1.165) is 23.8 Å². The normalized spacial score (nSPS) is 14.0. The highest BCUT2D eigenvalue weighted by Crippen LogP contribution is 2.42. The van der Waals surface area contributed by atoms with Crippen LogP contribution >= 0.6 is 11.6 Å². The summed E-state index contributed by atoms with van der Waals surface area (Å²) < 4.78 is 0. The van der Waals surface area contributed by atoms with E-state index in [2.05, 4.69) is 25.8 Å². The quantitative estimate of drug-likeness (QED) is 0.676. The van der Waals surface area contributed by atoms with Crippen molar-refractivity contribution in [2.75, 3.05) is 10.6 Å². The molecule has 2 aromatic heterocycles. The minimum Gasteiger partial charge on any atom is -0.307 e. The van der Waals surface area contributed by atoms with Crippen molar-refractivity contribution in [2.45, 2.75) is 18.8 Å². The second kappa shape index (κ2) is 5.55. The van der Waals surface area contributed by atoms with E-state index in [1.165, 1.54) is 0 Å². The van der Waals surface area contributed by atoms with Gasteiger partial charge in [-0.2, -0.15) is 5.10 Å². The largest absolute Gasteiger partial charge is 0.324 e. The molecule has 6 nitrogen and oxygen atoms in total. The first-order chi connectivity index (χ1) is 11.2. The SMILES string of the molecule is O=C(Nc1[nH]ncc1C1CC1)Nc1ccc(Cl)c2ncccc12. The molecule has 1 aromatic carbocycles. The number of fused-ring (bicyclic) bond motifs is 1. The second-order valence-corrected chi connectivity index (χ2v) is 5.96. The van der Waals surface area contributed by atoms with Gasteiger partial charge in [0.2, 0.25) is 0 Å². The van der Waals surface area contributed by atoms with Crippen LogP contribution in [-0.2, 0) is 0 Å². The van der Waals surface area contributed by atoms with Crippen LogP contribution in [-0.4, -0.2) is 21.2 Å². The van der Waals surface area contributed by atoms with Gasteiger partial charge in [0, 0.05) is 17.1 Å². The number of nitrogens with one attached hydrogen (secondary N) is 3. The molecule has 1 fully saturated rings. The van der Waals surface area contributed by atoms with Crippen LogP contribution < -0.4 is 10.6 Å². The number of anilines is 2. The highest BCUT2D eigenvalue weighted by atomic mass is 35.5. The standard InChI is InChI=1S/C16H14ClN5O/c17-12-5-6-13(10-2-1-7-18-14(10)12)20-16(23)21-15-11(8-19-22-15)9-3-4-9/h1-2,5-9H,3-4H2,(H3,19,20,21,22,23). The minimum atomic E-state index is -0.330. The van der Waals surface area contributed by atoms with Crippen molar-refractivity contribution in [1.82, 2.24) is 15.2 Å². The number of aromatic amines is 1. The van der Waals surface area contributed by atoms with Gasteiger partial charge in [-0.1, -0.05) is 11.6 Å². The lowest BCUT2D eigenvalue weighted by Crippen LogP contribution is -2.20. The van der Waals surface area contributed by atoms with E-state index in [1.807, 2.05) is 12.1 Å². The third-order valence-electron chi connectivity index (χ3n) is 3.89. The molecule has 0 saturated heterocycles. The number of urea groups is 1. The third kappa shape index (κ3) is 2.73. The molecule has 0 unspecified atom stereocenters. The van der Waals surface area contributed by atoms with Crippen molar-refractivity contribution in [3.05, 3.63) is 47.2 Å². The number of carbonyl (C=O) groups excluding carboxylic acids is 1. The first-order valence-electron chi connectivity index (χ1n) is 7.37. The van der Waals surface area contributed by atoms with E-state index in [9.17, 15) is 4.79 Å². The van der Waals surface area contributed by atoms with Crippen LogP contribution in [0.2, 0.25) is 5.02 Å². The average molecular weight is 328 g/mol. The van der Waals surface area contributed by atoms with E-state index >= 15 is 0 Å². The molecule has 0 atom stereocenters. The first kappa shape index (κ1) is 14.0. The molecule has 0 radical (unpaired) electrons. The van der Waals surface area contributed by atoms with Gasteiger partial charge in [-0.15, -0.1) is 0 Å². The molecule has 23 heavy (non-hydrogen) atoms. The number of carbonyl (C=O) groups is 1. The lowest BCUT2D eigenvalue weighted by molar-refractivity contribution is 0.262. The van der Waals surface area contributed by atoms with Crippen molar-refractivity contribution in [3.8, 4) is 0 Å². The average Bonchev–Trinajstić information content (AvgIpc) is 3.30. The van der Waals surface area contributed by atoms with Gasteiger partial charge in [-0.05, 0) is 43.0 Å². The van der Waals surface area contributed by atoms with Crippen molar-refractivity contribution >= 4 is 40.0 Å². The van der Waals surface area contributed by atoms with Crippen LogP contribution in [0.5, 0.6) is 0 Å². The van der Waals surface area contributed by atoms with Gasteiger partial charge in [-0.3, -0.25) is 15.4 Å². The fourth-order valence-corrected chi connectivity index (χ4v) is 2.83. The number of pyridine rings is 1. The van der Waals surface area contributed by atoms with Gasteiger partial charge in [0.25, 0.3) is 0 Å². The van der Waals surface area contributed by atoms with E-state index < -0.39 is 0 Å². The first-order valence-corrected chi connectivity index (χ1v) is 7.74. The Bertz CT molecular complexity index is 887. The Labute approximate surface area is 137 Å². The van der Waals surface area contributed by atoms with Crippen molar-refractivity contribution < 1.29 is 4.79 Å². The van der Waals surface area contributed by atoms with Crippen LogP contribution in [0.4, 0.5) is 16.3 Å². The van der Waals surface area contributed by atoms with Gasteiger partial charge in [0.15, 0.2) is 0 Å². The highest BCUT2D eigenvalue weighted by Gasteiger charge is 2.28. The summed E-state index contributed by atoms with van der Waals surface area (Å²) in [5, 5.41) is 13.8. The topological polar surface area (TPSA) is 82.7 Å². The van der Waals surface area contributed by atoms with E-state index in [0.29, 0.717) is 28.0 Å². The third-order valence-corrected chi connectivity index (χ3v) is 4.20. The molecule has 0 aliphatic heterocycles. The smallest absolute Gasteiger partial charge is 0.307 e. The fourth-order valence-electron chi connectivity index (χ4n) is 2.61. The molecule has 0 spiro atoms. The summed E-state index contributed by atoms with van der Waals surface area (Å²) in [6, 6.07) is 6.83. The fraction of sp³-hybridized carbons (Fsp3) is 0.188. The van der Waals surface area contributed by atoms with E-state index in [-0.39, 0.29) is 6.03 Å². The van der Waals surface area contributed by atoms with Crippen LogP contribution in [0, 0.1) is 0 Å². The Hall–Kier alpha value is -2.60. The van der Waals surface area contributed by atoms with Crippen molar-refractivity contribution in [1.29, 1.82) is 0 Å². The Morgan fingerprint density at radius 2 is 2.13 bits per heavy atom. The van der Waals surface area contributed by atoms with Crippen LogP contribution in [0.1, 0.15) is 24.3 Å². The molecule has 4 rings (SSSR count). The zero-order valence-corrected chi connectivity index (χ0v) is 12.9. The number of rotatable bonds is 3. The highest BCUT2D eigenvalue weighted by molar-refractivity contribution is 6.35. The molecular weight excluding hydrogens is 314 g/mol. The van der Waals surface area contributed by atoms with Crippen molar-refractivity contribution in [2.24, 2.45) is 0 Å². The van der Waals surface area contributed by atoms with Crippen LogP contribution in [0.25, 0.3) is 10.9 Å². The predicted octanol–water partition coefficient (Wildman–Crippen LogP) is 4.13. The molecule has 3 aromatic rings. The van der Waals surface area contributed by atoms with Gasteiger partial charge >= 0.3 is 6.03 Å². The number of aromatic nitrogens is 3. The zero-order chi connectivity index (χ0) is 15.8. The van der Waals surface area contributed by atoms with Gasteiger partial charge < -0.3 is 5.32 Å². The number of benzene rings is 1. The number of nitrogens with zero attached hydrogens (tertiary/aromatic N) is 2. The van der Waals surface area contributed by atoms with Gasteiger partial charge in [-0.25, -0.2) is 4.79 Å². The maximum absolute atomic E-state index is 12.3. The van der Waals surface area contributed by atoms with E-state index in [4.69, 9.17) is 11.6 Å². The number of halogens is 1. The molecule has 2 heterocycles. The molecule has 3 N–H and O–H groups in total. The summed E-state index contributed by atoms with van der Waals surface area (Å²) in [6.07, 6.45) is 5.73. The summed E-state index contributed by atoms with van der Waals surface area (Å²) in [7, 11) is 0. The molecular formula is C16H14ClN5O.